The van der Waals surface area contributed by atoms with Crippen LogP contribution >= 0.6 is 22.7 Å². The van der Waals surface area contributed by atoms with Gasteiger partial charge in [0.2, 0.25) is 0 Å². The number of carbonyl (C=O) groups is 1. The van der Waals surface area contributed by atoms with Crippen molar-refractivity contribution in [2.75, 3.05) is 25.9 Å². The third kappa shape index (κ3) is 4.46. The van der Waals surface area contributed by atoms with Crippen molar-refractivity contribution in [2.24, 2.45) is 4.99 Å². The standard InChI is InChI=1S/C20H22N6OS2/c1-26(6-4-14-7-13-9-23-19(21)8-18(13)29-14)20(17-11-28-12-24-17)25-15-3-2-5-22-16(15)10-27/h7-12,22H,2-6H2,1H3,(H2,21,23). The Morgan fingerprint density at radius 3 is 3.10 bits per heavy atom. The van der Waals surface area contributed by atoms with Gasteiger partial charge >= 0.3 is 0 Å². The number of hydrogen-bond acceptors (Lipinski definition) is 8. The van der Waals surface area contributed by atoms with Crippen LogP contribution in [0.3, 0.4) is 0 Å². The number of anilines is 1. The van der Waals surface area contributed by atoms with Gasteiger partial charge in [0, 0.05) is 46.7 Å². The number of nitrogens with one attached hydrogen (secondary N) is 1. The number of aromatic nitrogens is 2. The highest BCUT2D eigenvalue weighted by Crippen LogP contribution is 2.27. The number of likely N-dealkylation sites (N-methyl/N-ethyl adjacent to an activating group) is 1. The van der Waals surface area contributed by atoms with Gasteiger partial charge in [-0.1, -0.05) is 0 Å². The van der Waals surface area contributed by atoms with Gasteiger partial charge in [0.05, 0.1) is 16.9 Å². The van der Waals surface area contributed by atoms with Crippen LogP contribution in [0.25, 0.3) is 10.1 Å². The van der Waals surface area contributed by atoms with Crippen LogP contribution in [0, 0.1) is 0 Å². The van der Waals surface area contributed by atoms with Crippen LogP contribution in [0.5, 0.6) is 0 Å². The maximum absolute atomic E-state index is 11.4. The summed E-state index contributed by atoms with van der Waals surface area (Å²) in [6.45, 7) is 1.59. The first kappa shape index (κ1) is 19.5. The maximum atomic E-state index is 11.4. The number of thiazole rings is 1. The van der Waals surface area contributed by atoms with Crippen molar-refractivity contribution in [3.05, 3.63) is 51.2 Å². The smallest absolute Gasteiger partial charge is 0.167 e. The summed E-state index contributed by atoms with van der Waals surface area (Å²) >= 11 is 3.27. The van der Waals surface area contributed by atoms with Gasteiger partial charge in [-0.05, 0) is 31.4 Å². The van der Waals surface area contributed by atoms with Gasteiger partial charge in [0.15, 0.2) is 12.1 Å². The molecule has 0 unspecified atom stereocenters. The summed E-state index contributed by atoms with van der Waals surface area (Å²) in [4.78, 5) is 28.2. The molecular formula is C20H22N6OS2. The van der Waals surface area contributed by atoms with Crippen LogP contribution < -0.4 is 11.1 Å². The lowest BCUT2D eigenvalue weighted by Crippen LogP contribution is -2.31. The molecular weight excluding hydrogens is 404 g/mol. The maximum Gasteiger partial charge on any atom is 0.167 e. The minimum absolute atomic E-state index is 0.543. The zero-order valence-corrected chi connectivity index (χ0v) is 17.7. The Morgan fingerprint density at radius 1 is 1.41 bits per heavy atom. The van der Waals surface area contributed by atoms with E-state index in [0.29, 0.717) is 11.5 Å². The Hall–Kier alpha value is -2.78. The number of thiophene rings is 1. The molecule has 0 saturated carbocycles. The van der Waals surface area contributed by atoms with Crippen LogP contribution in [0.4, 0.5) is 5.82 Å². The fraction of sp³-hybridized carbons (Fsp3) is 0.300. The summed E-state index contributed by atoms with van der Waals surface area (Å²) in [5.41, 5.74) is 9.79. The second-order valence-corrected chi connectivity index (χ2v) is 8.74. The fourth-order valence-corrected chi connectivity index (χ4v) is 4.84. The minimum Gasteiger partial charge on any atom is -0.384 e. The average molecular weight is 427 g/mol. The highest BCUT2D eigenvalue weighted by atomic mass is 32.1. The highest BCUT2D eigenvalue weighted by Gasteiger charge is 2.17. The molecule has 0 atom stereocenters. The SMILES string of the molecule is CN(CCc1cc2cnc(N)cc2s1)C(=NC1=C(C=O)NCCC1)c1cscn1. The van der Waals surface area contributed by atoms with Gasteiger partial charge in [-0.25, -0.2) is 15.0 Å². The van der Waals surface area contributed by atoms with Gasteiger partial charge in [-0.3, -0.25) is 4.79 Å². The van der Waals surface area contributed by atoms with Crippen LogP contribution in [0.2, 0.25) is 0 Å². The number of amidine groups is 1. The summed E-state index contributed by atoms with van der Waals surface area (Å²) < 4.78 is 1.15. The summed E-state index contributed by atoms with van der Waals surface area (Å²) in [6.07, 6.45) is 5.29. The third-order valence-electron chi connectivity index (χ3n) is 4.77. The lowest BCUT2D eigenvalue weighted by Gasteiger charge is -2.22. The van der Waals surface area contributed by atoms with E-state index in [-0.39, 0.29) is 0 Å². The second kappa shape index (κ2) is 8.71. The molecule has 0 radical (unpaired) electrons. The predicted octanol–water partition coefficient (Wildman–Crippen LogP) is 3.05. The van der Waals surface area contributed by atoms with Crippen LogP contribution in [-0.2, 0) is 11.2 Å². The van der Waals surface area contributed by atoms with Crippen molar-refractivity contribution >= 4 is 50.7 Å². The lowest BCUT2D eigenvalue weighted by atomic mass is 10.1. The molecule has 29 heavy (non-hydrogen) atoms. The number of pyridine rings is 1. The van der Waals surface area contributed by atoms with Crippen LogP contribution in [-0.4, -0.2) is 47.1 Å². The Bertz CT molecular complexity index is 1070. The summed E-state index contributed by atoms with van der Waals surface area (Å²) in [7, 11) is 2.02. The van der Waals surface area contributed by atoms with Crippen molar-refractivity contribution in [1.82, 2.24) is 20.2 Å². The molecule has 3 N–H and O–H groups in total. The number of aldehydes is 1. The molecule has 3 aromatic heterocycles. The number of nitrogens with zero attached hydrogens (tertiary/aromatic N) is 4. The molecule has 0 bridgehead atoms. The number of aliphatic imine (C=N–C) groups is 1. The molecule has 4 rings (SSSR count). The fourth-order valence-electron chi connectivity index (χ4n) is 3.24. The predicted molar refractivity (Wildman–Crippen MR) is 119 cm³/mol. The minimum atomic E-state index is 0.543. The van der Waals surface area contributed by atoms with E-state index in [0.717, 1.165) is 66.0 Å². The molecule has 1 aliphatic heterocycles. The molecule has 0 saturated heterocycles. The number of hydrogen-bond donors (Lipinski definition) is 2. The Labute approximate surface area is 177 Å². The molecule has 0 aromatic carbocycles. The largest absolute Gasteiger partial charge is 0.384 e. The van der Waals surface area contributed by atoms with Gasteiger partial charge in [0.1, 0.15) is 11.5 Å². The number of fused-ring (bicyclic) bond motifs is 1. The highest BCUT2D eigenvalue weighted by molar-refractivity contribution is 7.19. The van der Waals surface area contributed by atoms with Crippen LogP contribution in [0.15, 0.2) is 45.6 Å². The van der Waals surface area contributed by atoms with Crippen molar-refractivity contribution in [3.8, 4) is 0 Å². The number of allylic oxidation sites excluding steroid dienone is 2. The van der Waals surface area contributed by atoms with E-state index in [9.17, 15) is 4.79 Å². The molecule has 4 heterocycles. The van der Waals surface area contributed by atoms with Crippen molar-refractivity contribution in [2.45, 2.75) is 19.3 Å². The van der Waals surface area contributed by atoms with E-state index < -0.39 is 0 Å². The molecule has 7 nitrogen and oxygen atoms in total. The molecule has 1 aliphatic rings. The van der Waals surface area contributed by atoms with Gasteiger partial charge in [-0.2, -0.15) is 0 Å². The Balaban J connectivity index is 1.56. The molecule has 150 valence electrons. The average Bonchev–Trinajstić information content (AvgIpc) is 3.39. The zero-order valence-electron chi connectivity index (χ0n) is 16.1. The Morgan fingerprint density at radius 2 is 2.31 bits per heavy atom. The monoisotopic (exact) mass is 426 g/mol. The van der Waals surface area contributed by atoms with E-state index in [4.69, 9.17) is 10.7 Å². The number of carbonyl (C=O) groups excluding carboxylic acids is 1. The number of nitrogen functional groups attached to an aromatic ring is 1. The molecule has 9 heteroatoms. The Kier molecular flexibility index (Phi) is 5.86. The third-order valence-corrected chi connectivity index (χ3v) is 6.51. The van der Waals surface area contributed by atoms with Crippen molar-refractivity contribution in [1.29, 1.82) is 0 Å². The van der Waals surface area contributed by atoms with E-state index in [1.807, 2.05) is 24.7 Å². The molecule has 0 fully saturated rings. The normalized spacial score (nSPS) is 14.9. The van der Waals surface area contributed by atoms with Gasteiger partial charge in [-0.15, -0.1) is 22.7 Å². The first-order valence-corrected chi connectivity index (χ1v) is 11.1. The lowest BCUT2D eigenvalue weighted by molar-refractivity contribution is -0.105. The molecule has 0 amide bonds. The van der Waals surface area contributed by atoms with E-state index in [2.05, 4.69) is 26.3 Å². The summed E-state index contributed by atoms with van der Waals surface area (Å²) in [6, 6.07) is 4.08. The topological polar surface area (TPSA) is 96.5 Å². The van der Waals surface area contributed by atoms with E-state index in [1.54, 1.807) is 16.8 Å². The van der Waals surface area contributed by atoms with Crippen molar-refractivity contribution < 1.29 is 4.79 Å². The molecule has 3 aromatic rings. The number of rotatable bonds is 6. The summed E-state index contributed by atoms with van der Waals surface area (Å²) in [5.74, 6) is 1.33. The second-order valence-electron chi connectivity index (χ2n) is 6.85. The van der Waals surface area contributed by atoms with E-state index >= 15 is 0 Å². The van der Waals surface area contributed by atoms with Gasteiger partial charge in [0.25, 0.3) is 0 Å². The quantitative estimate of drug-likeness (QED) is 0.357. The molecule has 0 aliphatic carbocycles. The summed E-state index contributed by atoms with van der Waals surface area (Å²) in [5, 5.41) is 6.24. The van der Waals surface area contributed by atoms with Crippen molar-refractivity contribution in [3.63, 3.8) is 0 Å². The number of nitrogens with two attached hydrogens (primary N) is 1. The molecule has 0 spiro atoms. The van der Waals surface area contributed by atoms with Gasteiger partial charge < -0.3 is 16.0 Å². The first-order chi connectivity index (χ1) is 14.1. The zero-order chi connectivity index (χ0) is 20.2. The van der Waals surface area contributed by atoms with E-state index in [1.165, 1.54) is 16.2 Å². The van der Waals surface area contributed by atoms with Crippen LogP contribution in [0.1, 0.15) is 23.4 Å². The first-order valence-electron chi connectivity index (χ1n) is 9.38.